The van der Waals surface area contributed by atoms with E-state index in [0.717, 1.165) is 4.90 Å². The molecule has 2 aromatic carbocycles. The molecule has 162 valence electrons. The van der Waals surface area contributed by atoms with Gasteiger partial charge in [0, 0.05) is 37.2 Å². The molecule has 2 aliphatic heterocycles. The van der Waals surface area contributed by atoms with Crippen LogP contribution in [0.5, 0.6) is 0 Å². The van der Waals surface area contributed by atoms with Crippen LogP contribution in [0, 0.1) is 0 Å². The van der Waals surface area contributed by atoms with Gasteiger partial charge in [0.2, 0.25) is 21.8 Å². The number of carbonyl (C=O) groups is 3. The van der Waals surface area contributed by atoms with E-state index in [1.54, 1.807) is 12.1 Å². The van der Waals surface area contributed by atoms with E-state index < -0.39 is 15.9 Å². The largest absolute Gasteiger partial charge is 0.379 e. The van der Waals surface area contributed by atoms with E-state index in [0.29, 0.717) is 43.2 Å². The lowest BCUT2D eigenvalue weighted by molar-refractivity contribution is -0.121. The number of carbonyl (C=O) groups excluding carboxylic acids is 3. The maximum atomic E-state index is 12.7. The van der Waals surface area contributed by atoms with Gasteiger partial charge >= 0.3 is 0 Å². The third kappa shape index (κ3) is 4.36. The van der Waals surface area contributed by atoms with Crippen molar-refractivity contribution in [3.05, 3.63) is 54.1 Å². The van der Waals surface area contributed by atoms with Crippen molar-refractivity contribution in [2.45, 2.75) is 17.7 Å². The van der Waals surface area contributed by atoms with Crippen molar-refractivity contribution in [2.75, 3.05) is 36.5 Å². The Balaban J connectivity index is 1.43. The maximum Gasteiger partial charge on any atom is 0.255 e. The molecule has 2 fully saturated rings. The topological polar surface area (TPSA) is 113 Å². The molecular formula is C21H21N3O6S. The molecule has 0 unspecified atom stereocenters. The number of sulfonamides is 1. The van der Waals surface area contributed by atoms with Gasteiger partial charge in [-0.05, 0) is 48.5 Å². The van der Waals surface area contributed by atoms with Crippen LogP contribution in [0.2, 0.25) is 0 Å². The van der Waals surface area contributed by atoms with Gasteiger partial charge in [0.1, 0.15) is 0 Å². The second-order valence-electron chi connectivity index (χ2n) is 7.16. The smallest absolute Gasteiger partial charge is 0.255 e. The summed E-state index contributed by atoms with van der Waals surface area (Å²) < 4.78 is 31.9. The van der Waals surface area contributed by atoms with Crippen molar-refractivity contribution in [3.63, 3.8) is 0 Å². The van der Waals surface area contributed by atoms with Gasteiger partial charge in [0.25, 0.3) is 5.91 Å². The Morgan fingerprint density at radius 3 is 2.03 bits per heavy atom. The molecule has 10 heteroatoms. The van der Waals surface area contributed by atoms with Crippen LogP contribution in [0.15, 0.2) is 53.4 Å². The number of nitrogens with zero attached hydrogens (tertiary/aromatic N) is 2. The zero-order valence-corrected chi connectivity index (χ0v) is 17.4. The predicted molar refractivity (Wildman–Crippen MR) is 112 cm³/mol. The van der Waals surface area contributed by atoms with Crippen molar-refractivity contribution in [1.29, 1.82) is 0 Å². The first-order valence-electron chi connectivity index (χ1n) is 9.81. The summed E-state index contributed by atoms with van der Waals surface area (Å²) in [4.78, 5) is 37.4. The minimum absolute atomic E-state index is 0.150. The van der Waals surface area contributed by atoms with Crippen LogP contribution >= 0.6 is 0 Å². The number of anilines is 2. The summed E-state index contributed by atoms with van der Waals surface area (Å²) >= 11 is 0. The molecule has 0 atom stereocenters. The molecule has 31 heavy (non-hydrogen) atoms. The van der Waals surface area contributed by atoms with Gasteiger partial charge in [-0.15, -0.1) is 0 Å². The fraction of sp³-hybridized carbons (Fsp3) is 0.286. The number of imide groups is 1. The van der Waals surface area contributed by atoms with Crippen molar-refractivity contribution >= 4 is 39.1 Å². The summed E-state index contributed by atoms with van der Waals surface area (Å²) in [5.41, 5.74) is 1.22. The van der Waals surface area contributed by atoms with Crippen LogP contribution in [0.1, 0.15) is 23.2 Å². The van der Waals surface area contributed by atoms with Crippen molar-refractivity contribution in [2.24, 2.45) is 0 Å². The third-order valence-corrected chi connectivity index (χ3v) is 7.07. The summed E-state index contributed by atoms with van der Waals surface area (Å²) in [6.07, 6.45) is 0.386. The molecule has 2 aromatic rings. The van der Waals surface area contributed by atoms with E-state index in [1.807, 2.05) is 0 Å². The summed E-state index contributed by atoms with van der Waals surface area (Å²) in [7, 11) is -3.60. The molecule has 3 amide bonds. The highest BCUT2D eigenvalue weighted by Crippen LogP contribution is 2.24. The lowest BCUT2D eigenvalue weighted by Gasteiger charge is -2.26. The summed E-state index contributed by atoms with van der Waals surface area (Å²) in [6, 6.07) is 12.1. The summed E-state index contributed by atoms with van der Waals surface area (Å²) in [5.74, 6) is -0.905. The first kappa shape index (κ1) is 21.2. The average molecular weight is 443 g/mol. The lowest BCUT2D eigenvalue weighted by Crippen LogP contribution is -2.40. The fourth-order valence-corrected chi connectivity index (χ4v) is 4.88. The van der Waals surface area contributed by atoms with Gasteiger partial charge < -0.3 is 10.1 Å². The van der Waals surface area contributed by atoms with E-state index in [-0.39, 0.29) is 29.6 Å². The van der Waals surface area contributed by atoms with Gasteiger partial charge in [-0.2, -0.15) is 4.31 Å². The molecule has 2 aliphatic rings. The molecular weight excluding hydrogens is 422 g/mol. The molecule has 0 radical (unpaired) electrons. The number of hydrogen-bond donors (Lipinski definition) is 1. The number of ether oxygens (including phenoxy) is 1. The standard InChI is InChI=1S/C21H21N3O6S/c25-19-9-10-20(26)24(19)17-5-1-15(2-6-17)21(27)22-16-3-7-18(8-4-16)31(28,29)23-11-13-30-14-12-23/h1-8H,9-14H2,(H,22,27). The van der Waals surface area contributed by atoms with E-state index in [9.17, 15) is 22.8 Å². The number of hydrogen-bond acceptors (Lipinski definition) is 6. The maximum absolute atomic E-state index is 12.7. The minimum Gasteiger partial charge on any atom is -0.379 e. The summed E-state index contributed by atoms with van der Waals surface area (Å²) in [6.45, 7) is 1.36. The lowest BCUT2D eigenvalue weighted by atomic mass is 10.1. The molecule has 0 saturated carbocycles. The molecule has 0 aromatic heterocycles. The zero-order chi connectivity index (χ0) is 22.0. The minimum atomic E-state index is -3.60. The number of rotatable bonds is 5. The zero-order valence-electron chi connectivity index (χ0n) is 16.6. The first-order chi connectivity index (χ1) is 14.9. The van der Waals surface area contributed by atoms with Crippen LogP contribution in [0.3, 0.4) is 0 Å². The molecule has 0 spiro atoms. The third-order valence-electron chi connectivity index (χ3n) is 5.16. The fourth-order valence-electron chi connectivity index (χ4n) is 3.48. The van der Waals surface area contributed by atoms with Crippen LogP contribution in [0.4, 0.5) is 11.4 Å². The molecule has 0 aliphatic carbocycles. The monoisotopic (exact) mass is 443 g/mol. The predicted octanol–water partition coefficient (Wildman–Crippen LogP) is 1.61. The molecule has 2 heterocycles. The van der Waals surface area contributed by atoms with Gasteiger partial charge in [0.05, 0.1) is 23.8 Å². The average Bonchev–Trinajstić information content (AvgIpc) is 3.13. The molecule has 9 nitrogen and oxygen atoms in total. The highest BCUT2D eigenvalue weighted by Gasteiger charge is 2.30. The number of morpholine rings is 1. The Morgan fingerprint density at radius 2 is 1.45 bits per heavy atom. The van der Waals surface area contributed by atoms with Crippen LogP contribution < -0.4 is 10.2 Å². The second-order valence-corrected chi connectivity index (χ2v) is 9.10. The van der Waals surface area contributed by atoms with Crippen molar-refractivity contribution < 1.29 is 27.5 Å². The molecule has 1 N–H and O–H groups in total. The number of nitrogens with one attached hydrogen (secondary N) is 1. The van der Waals surface area contributed by atoms with Crippen LogP contribution in [-0.4, -0.2) is 56.7 Å². The Labute approximate surface area is 179 Å². The van der Waals surface area contributed by atoms with Crippen molar-refractivity contribution in [3.8, 4) is 0 Å². The van der Waals surface area contributed by atoms with Gasteiger partial charge in [0.15, 0.2) is 0 Å². The van der Waals surface area contributed by atoms with Gasteiger partial charge in [-0.3, -0.25) is 19.3 Å². The van der Waals surface area contributed by atoms with Gasteiger partial charge in [-0.1, -0.05) is 0 Å². The van der Waals surface area contributed by atoms with Crippen LogP contribution in [-0.2, 0) is 24.3 Å². The van der Waals surface area contributed by atoms with Gasteiger partial charge in [-0.25, -0.2) is 8.42 Å². The SMILES string of the molecule is O=C(Nc1ccc(S(=O)(=O)N2CCOCC2)cc1)c1ccc(N2C(=O)CCC2=O)cc1. The first-order valence-corrected chi connectivity index (χ1v) is 11.3. The number of benzene rings is 2. The normalized spacial score (nSPS) is 17.7. The van der Waals surface area contributed by atoms with E-state index in [2.05, 4.69) is 5.32 Å². The highest BCUT2D eigenvalue weighted by molar-refractivity contribution is 7.89. The van der Waals surface area contributed by atoms with Crippen LogP contribution in [0.25, 0.3) is 0 Å². The molecule has 2 saturated heterocycles. The Morgan fingerprint density at radius 1 is 0.871 bits per heavy atom. The van der Waals surface area contributed by atoms with Crippen molar-refractivity contribution in [1.82, 2.24) is 4.31 Å². The van der Waals surface area contributed by atoms with E-state index in [4.69, 9.17) is 4.74 Å². The quantitative estimate of drug-likeness (QED) is 0.703. The second kappa shape index (κ2) is 8.58. The number of amides is 3. The molecule has 4 rings (SSSR count). The Bertz CT molecular complexity index is 1090. The Kier molecular flexibility index (Phi) is 5.86. The molecule has 0 bridgehead atoms. The highest BCUT2D eigenvalue weighted by atomic mass is 32.2. The Hall–Kier alpha value is -3.08. The summed E-state index contributed by atoms with van der Waals surface area (Å²) in [5, 5.41) is 2.71. The van der Waals surface area contributed by atoms with E-state index >= 15 is 0 Å². The van der Waals surface area contributed by atoms with E-state index in [1.165, 1.54) is 40.7 Å².